The molecule has 4 atom stereocenters. The molecule has 1 aromatic rings. The van der Waals surface area contributed by atoms with Crippen LogP contribution in [0, 0.1) is 5.82 Å². The molecule has 156 valence electrons. The molecule has 1 fully saturated rings. The molecule has 6 N–H and O–H groups in total. The van der Waals surface area contributed by atoms with Crippen molar-refractivity contribution in [3.8, 4) is 0 Å². The number of carbonyl (C=O) groups is 3. The van der Waals surface area contributed by atoms with Crippen LogP contribution in [0.3, 0.4) is 0 Å². The lowest BCUT2D eigenvalue weighted by molar-refractivity contribution is -0.129. The van der Waals surface area contributed by atoms with Crippen LogP contribution in [-0.4, -0.2) is 58.9 Å². The number of benzene rings is 1. The van der Waals surface area contributed by atoms with Gasteiger partial charge in [0.05, 0.1) is 12.1 Å². The maximum atomic E-state index is 13.2. The SMILES string of the molecule is O=C(Nc1cccc(F)c1)N[C@H]1C=C(C(=O)N[C@@H]2CCCNC2=O)C[C@@H](O)[C@@H]1O. The summed E-state index contributed by atoms with van der Waals surface area (Å²) in [6.45, 7) is 0.561. The highest BCUT2D eigenvalue weighted by atomic mass is 19.1. The molecule has 0 aromatic heterocycles. The summed E-state index contributed by atoms with van der Waals surface area (Å²) >= 11 is 0. The molecule has 0 radical (unpaired) electrons. The lowest BCUT2D eigenvalue weighted by Gasteiger charge is -2.31. The average Bonchev–Trinajstić information content (AvgIpc) is 2.67. The zero-order valence-corrected chi connectivity index (χ0v) is 15.5. The molecule has 0 spiro atoms. The van der Waals surface area contributed by atoms with Gasteiger partial charge in [0.2, 0.25) is 11.8 Å². The second kappa shape index (κ2) is 9.01. The Labute approximate surface area is 166 Å². The Morgan fingerprint density at radius 2 is 2.00 bits per heavy atom. The third-order valence-electron chi connectivity index (χ3n) is 4.83. The van der Waals surface area contributed by atoms with Crippen LogP contribution >= 0.6 is 0 Å². The number of anilines is 1. The number of urea groups is 1. The molecule has 1 heterocycles. The second-order valence-electron chi connectivity index (χ2n) is 7.05. The molecule has 1 aromatic carbocycles. The summed E-state index contributed by atoms with van der Waals surface area (Å²) in [5.41, 5.74) is 0.357. The summed E-state index contributed by atoms with van der Waals surface area (Å²) in [5, 5.41) is 30.4. The Balaban J connectivity index is 1.65. The topological polar surface area (TPSA) is 140 Å². The molecule has 9 nitrogen and oxygen atoms in total. The van der Waals surface area contributed by atoms with E-state index in [9.17, 15) is 29.0 Å². The Bertz CT molecular complexity index is 831. The summed E-state index contributed by atoms with van der Waals surface area (Å²) in [5.74, 6) is -1.34. The minimum absolute atomic E-state index is 0.120. The standard InChI is InChI=1S/C19H23FN4O5/c20-11-3-1-4-12(9-11)22-19(29)24-14-7-10(8-15(25)16(14)26)17(27)23-13-5-2-6-21-18(13)28/h1,3-4,7,9,13-16,25-26H,2,5-6,8H2,(H,21,28)(H,23,27)(H2,22,24,29)/t13-,14+,15-,16-/m1/s1. The monoisotopic (exact) mass is 406 g/mol. The van der Waals surface area contributed by atoms with Crippen molar-refractivity contribution in [3.05, 3.63) is 41.7 Å². The van der Waals surface area contributed by atoms with Crippen molar-refractivity contribution in [2.24, 2.45) is 0 Å². The third-order valence-corrected chi connectivity index (χ3v) is 4.83. The number of nitrogens with one attached hydrogen (secondary N) is 4. The summed E-state index contributed by atoms with van der Waals surface area (Å²) in [7, 11) is 0. The summed E-state index contributed by atoms with van der Waals surface area (Å²) in [6.07, 6.45) is -0.137. The van der Waals surface area contributed by atoms with Gasteiger partial charge in [0, 0.05) is 24.2 Å². The van der Waals surface area contributed by atoms with Gasteiger partial charge in [-0.25, -0.2) is 9.18 Å². The van der Waals surface area contributed by atoms with Gasteiger partial charge in [0.1, 0.15) is 18.0 Å². The second-order valence-corrected chi connectivity index (χ2v) is 7.05. The lowest BCUT2D eigenvalue weighted by atomic mass is 9.89. The van der Waals surface area contributed by atoms with E-state index in [2.05, 4.69) is 21.3 Å². The van der Waals surface area contributed by atoms with Crippen molar-refractivity contribution in [1.29, 1.82) is 0 Å². The van der Waals surface area contributed by atoms with Crippen molar-refractivity contribution in [2.45, 2.75) is 43.6 Å². The summed E-state index contributed by atoms with van der Waals surface area (Å²) in [4.78, 5) is 36.5. The molecule has 1 saturated heterocycles. The maximum absolute atomic E-state index is 13.2. The molecule has 2 aliphatic rings. The fourth-order valence-corrected chi connectivity index (χ4v) is 3.31. The number of hydrogen-bond acceptors (Lipinski definition) is 5. The Morgan fingerprint density at radius 1 is 1.21 bits per heavy atom. The molecular formula is C19H23FN4O5. The quantitative estimate of drug-likeness (QED) is 0.410. The number of aliphatic hydroxyl groups is 2. The van der Waals surface area contributed by atoms with Crippen LogP contribution in [0.25, 0.3) is 0 Å². The molecule has 3 rings (SSSR count). The van der Waals surface area contributed by atoms with E-state index >= 15 is 0 Å². The van der Waals surface area contributed by atoms with E-state index in [1.165, 1.54) is 24.3 Å². The first-order valence-corrected chi connectivity index (χ1v) is 9.32. The van der Waals surface area contributed by atoms with Crippen LogP contribution in [0.2, 0.25) is 0 Å². The smallest absolute Gasteiger partial charge is 0.319 e. The van der Waals surface area contributed by atoms with Crippen molar-refractivity contribution < 1.29 is 29.0 Å². The number of piperidine rings is 1. The zero-order valence-electron chi connectivity index (χ0n) is 15.5. The summed E-state index contributed by atoms with van der Waals surface area (Å²) in [6, 6.07) is 2.81. The van der Waals surface area contributed by atoms with Crippen LogP contribution in [-0.2, 0) is 9.59 Å². The fourth-order valence-electron chi connectivity index (χ4n) is 3.31. The normalized spacial score (nSPS) is 26.7. The van der Waals surface area contributed by atoms with Crippen molar-refractivity contribution >= 4 is 23.5 Å². The first-order valence-electron chi connectivity index (χ1n) is 9.32. The van der Waals surface area contributed by atoms with E-state index in [-0.39, 0.29) is 23.6 Å². The summed E-state index contributed by atoms with van der Waals surface area (Å²) < 4.78 is 13.2. The van der Waals surface area contributed by atoms with E-state index in [1.54, 1.807) is 0 Å². The van der Waals surface area contributed by atoms with Crippen LogP contribution in [0.5, 0.6) is 0 Å². The Kier molecular flexibility index (Phi) is 6.45. The highest BCUT2D eigenvalue weighted by Gasteiger charge is 2.35. The molecule has 0 unspecified atom stereocenters. The lowest BCUT2D eigenvalue weighted by Crippen LogP contribution is -2.54. The van der Waals surface area contributed by atoms with E-state index < -0.39 is 42.0 Å². The van der Waals surface area contributed by atoms with Crippen LogP contribution in [0.4, 0.5) is 14.9 Å². The number of aliphatic hydroxyl groups excluding tert-OH is 2. The van der Waals surface area contributed by atoms with E-state index in [4.69, 9.17) is 0 Å². The molecular weight excluding hydrogens is 383 g/mol. The highest BCUT2D eigenvalue weighted by molar-refractivity contribution is 5.97. The molecule has 29 heavy (non-hydrogen) atoms. The first kappa shape index (κ1) is 20.7. The van der Waals surface area contributed by atoms with E-state index in [0.29, 0.717) is 13.0 Å². The minimum Gasteiger partial charge on any atom is -0.390 e. The molecule has 1 aliphatic carbocycles. The fraction of sp³-hybridized carbons (Fsp3) is 0.421. The van der Waals surface area contributed by atoms with Gasteiger partial charge in [-0.1, -0.05) is 12.1 Å². The predicted octanol–water partition coefficient (Wildman–Crippen LogP) is -0.238. The number of carbonyl (C=O) groups excluding carboxylic acids is 3. The number of hydrogen-bond donors (Lipinski definition) is 6. The van der Waals surface area contributed by atoms with Gasteiger partial charge in [-0.3, -0.25) is 9.59 Å². The number of amides is 4. The molecule has 0 bridgehead atoms. The van der Waals surface area contributed by atoms with E-state index in [1.807, 2.05) is 0 Å². The van der Waals surface area contributed by atoms with Crippen molar-refractivity contribution in [3.63, 3.8) is 0 Å². The first-order chi connectivity index (χ1) is 13.8. The third kappa shape index (κ3) is 5.30. The maximum Gasteiger partial charge on any atom is 0.319 e. The van der Waals surface area contributed by atoms with Crippen molar-refractivity contribution in [2.75, 3.05) is 11.9 Å². The molecule has 4 amide bonds. The van der Waals surface area contributed by atoms with Gasteiger partial charge in [-0.05, 0) is 31.0 Å². The minimum atomic E-state index is -1.33. The molecule has 0 saturated carbocycles. The molecule has 10 heteroatoms. The van der Waals surface area contributed by atoms with Crippen LogP contribution in [0.15, 0.2) is 35.9 Å². The predicted molar refractivity (Wildman–Crippen MR) is 101 cm³/mol. The zero-order chi connectivity index (χ0) is 21.0. The van der Waals surface area contributed by atoms with Gasteiger partial charge in [-0.2, -0.15) is 0 Å². The molecule has 1 aliphatic heterocycles. The van der Waals surface area contributed by atoms with Gasteiger partial charge in [0.15, 0.2) is 0 Å². The number of halogens is 1. The number of rotatable bonds is 4. The van der Waals surface area contributed by atoms with Gasteiger partial charge in [-0.15, -0.1) is 0 Å². The largest absolute Gasteiger partial charge is 0.390 e. The van der Waals surface area contributed by atoms with Crippen LogP contribution < -0.4 is 21.3 Å². The van der Waals surface area contributed by atoms with E-state index in [0.717, 1.165) is 12.5 Å². The van der Waals surface area contributed by atoms with Crippen molar-refractivity contribution in [1.82, 2.24) is 16.0 Å². The Hall–Kier alpha value is -2.98. The average molecular weight is 406 g/mol. The van der Waals surface area contributed by atoms with Gasteiger partial charge >= 0.3 is 6.03 Å². The van der Waals surface area contributed by atoms with Gasteiger partial charge in [0.25, 0.3) is 0 Å². The van der Waals surface area contributed by atoms with Crippen LogP contribution in [0.1, 0.15) is 19.3 Å². The highest BCUT2D eigenvalue weighted by Crippen LogP contribution is 2.21. The Morgan fingerprint density at radius 3 is 2.72 bits per heavy atom. The van der Waals surface area contributed by atoms with Gasteiger partial charge < -0.3 is 31.5 Å².